The van der Waals surface area contributed by atoms with Crippen LogP contribution in [0.5, 0.6) is 11.5 Å². The summed E-state index contributed by atoms with van der Waals surface area (Å²) in [6.45, 7) is 0.233. The van der Waals surface area contributed by atoms with Crippen LogP contribution in [0.25, 0.3) is 0 Å². The molecule has 0 N–H and O–H groups in total. The lowest BCUT2D eigenvalue weighted by molar-refractivity contribution is -0.148. The summed E-state index contributed by atoms with van der Waals surface area (Å²) in [6, 6.07) is 9.89. The smallest absolute Gasteiger partial charge is 0.310 e. The predicted molar refractivity (Wildman–Crippen MR) is 128 cm³/mol. The van der Waals surface area contributed by atoms with Crippen molar-refractivity contribution in [3.05, 3.63) is 87.2 Å². The molecule has 0 bridgehead atoms. The summed E-state index contributed by atoms with van der Waals surface area (Å²) in [6.07, 6.45) is 3.27. The Labute approximate surface area is 211 Å². The first kappa shape index (κ1) is 25.2. The molecule has 1 aliphatic rings. The summed E-state index contributed by atoms with van der Waals surface area (Å²) in [7, 11) is 1.23. The summed E-state index contributed by atoms with van der Waals surface area (Å²) in [5, 5.41) is 0.419. The minimum absolute atomic E-state index is 0.0551. The van der Waals surface area contributed by atoms with Crippen molar-refractivity contribution in [1.29, 1.82) is 0 Å². The number of pyridine rings is 1. The molecule has 0 saturated heterocycles. The van der Waals surface area contributed by atoms with E-state index in [4.69, 9.17) is 37.4 Å². The number of carbonyl (C=O) groups is 1. The number of carbonyl (C=O) groups excluding carboxylic acids is 1. The quantitative estimate of drug-likeness (QED) is 0.283. The van der Waals surface area contributed by atoms with Crippen LogP contribution in [0.15, 0.2) is 48.8 Å². The largest absolute Gasteiger partial charge is 0.490 e. The molecule has 1 atom stereocenters. The molecule has 1 saturated carbocycles. The lowest BCUT2D eigenvalue weighted by Gasteiger charge is -2.22. The predicted octanol–water partition coefficient (Wildman–Crippen LogP) is 6.53. The molecule has 0 radical (unpaired) electrons. The van der Waals surface area contributed by atoms with Gasteiger partial charge in [-0.1, -0.05) is 53.5 Å². The van der Waals surface area contributed by atoms with Gasteiger partial charge in [-0.3, -0.25) is 9.78 Å². The molecule has 1 unspecified atom stereocenters. The monoisotopic (exact) mass is 521 g/mol. The lowest BCUT2D eigenvalue weighted by Crippen LogP contribution is -2.18. The fourth-order valence-electron chi connectivity index (χ4n) is 3.64. The van der Waals surface area contributed by atoms with E-state index in [2.05, 4.69) is 4.98 Å². The van der Waals surface area contributed by atoms with Crippen molar-refractivity contribution >= 4 is 29.2 Å². The summed E-state index contributed by atoms with van der Waals surface area (Å²) < 4.78 is 47.1. The number of hydrogen-bond acceptors (Lipinski definition) is 5. The van der Waals surface area contributed by atoms with Crippen molar-refractivity contribution < 1.29 is 27.8 Å². The third-order valence-corrected chi connectivity index (χ3v) is 6.33. The highest BCUT2D eigenvalue weighted by Gasteiger charge is 2.31. The molecule has 2 aromatic carbocycles. The van der Waals surface area contributed by atoms with Gasteiger partial charge in [-0.15, -0.1) is 0 Å². The van der Waals surface area contributed by atoms with Gasteiger partial charge >= 0.3 is 5.97 Å². The van der Waals surface area contributed by atoms with Crippen LogP contribution in [0.2, 0.25) is 10.0 Å². The van der Waals surface area contributed by atoms with Gasteiger partial charge in [0.2, 0.25) is 5.75 Å². The SMILES string of the molecule is COc1c(F)cc(C(Cc2c(Cl)cncc2Cl)OC(=O)Cc2ccccc2)c(F)c1OCC1CC1. The molecule has 1 heterocycles. The Morgan fingerprint density at radius 1 is 1.11 bits per heavy atom. The van der Waals surface area contributed by atoms with Crippen molar-refractivity contribution in [2.24, 2.45) is 5.92 Å². The molecule has 4 rings (SSSR count). The maximum atomic E-state index is 15.8. The topological polar surface area (TPSA) is 57.7 Å². The van der Waals surface area contributed by atoms with Gasteiger partial charge < -0.3 is 14.2 Å². The van der Waals surface area contributed by atoms with Crippen molar-refractivity contribution in [2.75, 3.05) is 13.7 Å². The zero-order valence-corrected chi connectivity index (χ0v) is 20.4. The van der Waals surface area contributed by atoms with E-state index >= 15 is 4.39 Å². The van der Waals surface area contributed by atoms with E-state index in [0.29, 0.717) is 17.0 Å². The molecular formula is C26H23Cl2F2NO4. The Hall–Kier alpha value is -2.90. The molecular weight excluding hydrogens is 499 g/mol. The van der Waals surface area contributed by atoms with Crippen molar-refractivity contribution in [3.63, 3.8) is 0 Å². The molecule has 5 nitrogen and oxygen atoms in total. The van der Waals surface area contributed by atoms with Gasteiger partial charge in [0, 0.05) is 24.4 Å². The Bertz CT molecular complexity index is 1190. The molecule has 1 fully saturated rings. The number of nitrogens with zero attached hydrogens (tertiary/aromatic N) is 1. The number of aromatic nitrogens is 1. The Kier molecular flexibility index (Phi) is 8.08. The van der Waals surface area contributed by atoms with Crippen LogP contribution in [-0.2, 0) is 22.4 Å². The average Bonchev–Trinajstić information content (AvgIpc) is 3.66. The third kappa shape index (κ3) is 6.21. The first-order valence-electron chi connectivity index (χ1n) is 11.1. The second kappa shape index (κ2) is 11.2. The molecule has 9 heteroatoms. The zero-order valence-electron chi connectivity index (χ0n) is 18.9. The van der Waals surface area contributed by atoms with Crippen LogP contribution >= 0.6 is 23.2 Å². The van der Waals surface area contributed by atoms with Crippen molar-refractivity contribution in [2.45, 2.75) is 31.8 Å². The standard InChI is InChI=1S/C26H23Cl2F2NO4/c1-33-25-21(29)10-18(24(30)26(25)34-14-16-7-8-16)22(11-17-19(27)12-31-13-20(17)28)35-23(32)9-15-5-3-2-4-6-15/h2-6,10,12-13,16,22H,7-9,11,14H2,1H3. The van der Waals surface area contributed by atoms with Crippen LogP contribution in [0.3, 0.4) is 0 Å². The Balaban J connectivity index is 1.71. The molecule has 0 aliphatic heterocycles. The van der Waals surface area contributed by atoms with E-state index in [9.17, 15) is 9.18 Å². The second-order valence-electron chi connectivity index (χ2n) is 8.31. The summed E-state index contributed by atoms with van der Waals surface area (Å²) in [5.74, 6) is -2.75. The Morgan fingerprint density at radius 3 is 2.43 bits per heavy atom. The van der Waals surface area contributed by atoms with E-state index < -0.39 is 23.7 Å². The van der Waals surface area contributed by atoms with Gasteiger partial charge in [0.05, 0.1) is 30.2 Å². The third-order valence-electron chi connectivity index (χ3n) is 5.68. The highest BCUT2D eigenvalue weighted by Crippen LogP contribution is 2.41. The lowest BCUT2D eigenvalue weighted by atomic mass is 10.00. The molecule has 1 aliphatic carbocycles. The van der Waals surface area contributed by atoms with Gasteiger partial charge in [-0.2, -0.15) is 0 Å². The van der Waals surface area contributed by atoms with Gasteiger partial charge in [-0.25, -0.2) is 8.78 Å². The summed E-state index contributed by atoms with van der Waals surface area (Å²) in [5.41, 5.74) is 0.891. The maximum Gasteiger partial charge on any atom is 0.310 e. The number of esters is 1. The van der Waals surface area contributed by atoms with Gasteiger partial charge in [0.15, 0.2) is 17.4 Å². The number of methoxy groups -OCH3 is 1. The summed E-state index contributed by atoms with van der Waals surface area (Å²) >= 11 is 12.5. The molecule has 35 heavy (non-hydrogen) atoms. The first-order chi connectivity index (χ1) is 16.9. The van der Waals surface area contributed by atoms with Crippen LogP contribution in [0, 0.1) is 17.6 Å². The number of hydrogen-bond donors (Lipinski definition) is 0. The first-order valence-corrected chi connectivity index (χ1v) is 11.8. The number of benzene rings is 2. The van der Waals surface area contributed by atoms with Crippen LogP contribution < -0.4 is 9.47 Å². The van der Waals surface area contributed by atoms with Gasteiger partial charge in [-0.05, 0) is 36.0 Å². The minimum Gasteiger partial charge on any atom is -0.490 e. The van der Waals surface area contributed by atoms with Crippen LogP contribution in [0.1, 0.15) is 35.6 Å². The minimum atomic E-state index is -1.24. The molecule has 3 aromatic rings. The second-order valence-corrected chi connectivity index (χ2v) is 9.12. The normalized spacial score (nSPS) is 13.9. The molecule has 1 aromatic heterocycles. The zero-order chi connectivity index (χ0) is 24.9. The molecule has 0 amide bonds. The van der Waals surface area contributed by atoms with E-state index in [-0.39, 0.29) is 46.6 Å². The maximum absolute atomic E-state index is 15.8. The van der Waals surface area contributed by atoms with Crippen LogP contribution in [0.4, 0.5) is 8.78 Å². The number of rotatable bonds is 10. The highest BCUT2D eigenvalue weighted by atomic mass is 35.5. The van der Waals surface area contributed by atoms with Crippen molar-refractivity contribution in [1.82, 2.24) is 4.98 Å². The molecule has 184 valence electrons. The van der Waals surface area contributed by atoms with E-state index in [0.717, 1.165) is 18.9 Å². The van der Waals surface area contributed by atoms with Gasteiger partial charge in [0.25, 0.3) is 0 Å². The fourth-order valence-corrected chi connectivity index (χ4v) is 4.16. The van der Waals surface area contributed by atoms with E-state index in [1.54, 1.807) is 24.3 Å². The van der Waals surface area contributed by atoms with E-state index in [1.165, 1.54) is 19.5 Å². The summed E-state index contributed by atoms with van der Waals surface area (Å²) in [4.78, 5) is 16.7. The Morgan fingerprint density at radius 2 is 1.80 bits per heavy atom. The fraction of sp³-hybridized carbons (Fsp3) is 0.308. The highest BCUT2D eigenvalue weighted by molar-refractivity contribution is 6.35. The van der Waals surface area contributed by atoms with Crippen LogP contribution in [-0.4, -0.2) is 24.7 Å². The van der Waals surface area contributed by atoms with Gasteiger partial charge in [0.1, 0.15) is 6.10 Å². The van der Waals surface area contributed by atoms with E-state index in [1.807, 2.05) is 6.07 Å². The molecule has 0 spiro atoms. The average molecular weight is 522 g/mol. The number of ether oxygens (including phenoxy) is 3. The van der Waals surface area contributed by atoms with Crippen molar-refractivity contribution in [3.8, 4) is 11.5 Å². The number of halogens is 4.